The lowest BCUT2D eigenvalue weighted by atomic mass is 9.79. The Labute approximate surface area is 167 Å². The first-order valence-corrected chi connectivity index (χ1v) is 10.2. The third-order valence-electron chi connectivity index (χ3n) is 4.73. The van der Waals surface area contributed by atoms with Gasteiger partial charge < -0.3 is 9.57 Å². The number of carbonyl (C=O) groups excluding carboxylic acids is 2. The molecule has 0 N–H and O–H groups in total. The van der Waals surface area contributed by atoms with Crippen molar-refractivity contribution in [3.8, 4) is 0 Å². The fourth-order valence-electron chi connectivity index (χ4n) is 3.47. The molecule has 2 rings (SSSR count). The summed E-state index contributed by atoms with van der Waals surface area (Å²) in [5, 5.41) is 4.14. The summed E-state index contributed by atoms with van der Waals surface area (Å²) >= 11 is 0. The molecule has 0 saturated carbocycles. The number of benzene rings is 1. The summed E-state index contributed by atoms with van der Waals surface area (Å²) < 4.78 is 5.68. The molecule has 1 aliphatic carbocycles. The van der Waals surface area contributed by atoms with Gasteiger partial charge in [0.25, 0.3) is 0 Å². The number of rotatable bonds is 9. The summed E-state index contributed by atoms with van der Waals surface area (Å²) in [6.07, 6.45) is 2.78. The number of hydrogen-bond acceptors (Lipinski definition) is 5. The van der Waals surface area contributed by atoms with Crippen molar-refractivity contribution >= 4 is 17.5 Å². The van der Waals surface area contributed by atoms with Gasteiger partial charge in [-0.15, -0.1) is 0 Å². The van der Waals surface area contributed by atoms with Crippen molar-refractivity contribution in [1.82, 2.24) is 0 Å². The number of allylic oxidation sites excluding steroid dienone is 2. The fraction of sp³-hybridized carbons (Fsp3) is 0.522. The Morgan fingerprint density at radius 2 is 1.93 bits per heavy atom. The van der Waals surface area contributed by atoms with E-state index >= 15 is 0 Å². The standard InChI is InChI=1S/C23H31NO4/c1-5-19(24-27-6-2)22-20(13-12-18(23(22)26)14-16(3)4)28-21(25)15-17-10-8-7-9-11-17/h7-11,16,18H,5-6,12-15H2,1-4H3/b24-19-. The van der Waals surface area contributed by atoms with Gasteiger partial charge in [-0.3, -0.25) is 9.59 Å². The maximum Gasteiger partial charge on any atom is 0.315 e. The van der Waals surface area contributed by atoms with Gasteiger partial charge in [0.2, 0.25) is 0 Å². The van der Waals surface area contributed by atoms with E-state index in [1.54, 1.807) is 0 Å². The molecule has 1 unspecified atom stereocenters. The van der Waals surface area contributed by atoms with Gasteiger partial charge in [0.05, 0.1) is 17.7 Å². The van der Waals surface area contributed by atoms with E-state index in [-0.39, 0.29) is 24.1 Å². The molecule has 0 saturated heterocycles. The minimum atomic E-state index is -0.360. The zero-order chi connectivity index (χ0) is 20.5. The number of Topliss-reactive ketones (excluding diaryl/α,β-unsaturated/α-hetero) is 1. The molecule has 1 aliphatic rings. The SMILES string of the molecule is CCO/N=C(/CC)C1=C(OC(=O)Cc2ccccc2)CCC(CC(C)C)C1=O. The summed E-state index contributed by atoms with van der Waals surface area (Å²) in [6.45, 7) is 8.41. The average molecular weight is 386 g/mol. The first kappa shape index (κ1) is 21.9. The van der Waals surface area contributed by atoms with Gasteiger partial charge in [-0.25, -0.2) is 0 Å². The van der Waals surface area contributed by atoms with E-state index in [2.05, 4.69) is 19.0 Å². The summed E-state index contributed by atoms with van der Waals surface area (Å²) in [6, 6.07) is 9.45. The Balaban J connectivity index is 2.29. The van der Waals surface area contributed by atoms with E-state index in [0.29, 0.717) is 48.8 Å². The first-order valence-electron chi connectivity index (χ1n) is 10.2. The van der Waals surface area contributed by atoms with E-state index < -0.39 is 0 Å². The Bertz CT molecular complexity index is 734. The van der Waals surface area contributed by atoms with Gasteiger partial charge in [0.1, 0.15) is 12.4 Å². The van der Waals surface area contributed by atoms with E-state index in [0.717, 1.165) is 12.0 Å². The van der Waals surface area contributed by atoms with E-state index in [4.69, 9.17) is 9.57 Å². The number of hydrogen-bond donors (Lipinski definition) is 0. The molecule has 152 valence electrons. The molecule has 0 bridgehead atoms. The van der Waals surface area contributed by atoms with Gasteiger partial charge in [0.15, 0.2) is 5.78 Å². The summed E-state index contributed by atoms with van der Waals surface area (Å²) in [7, 11) is 0. The van der Waals surface area contributed by atoms with E-state index in [1.165, 1.54) is 0 Å². The molecule has 5 nitrogen and oxygen atoms in total. The van der Waals surface area contributed by atoms with Crippen molar-refractivity contribution in [1.29, 1.82) is 0 Å². The number of nitrogens with zero attached hydrogens (tertiary/aromatic N) is 1. The molecule has 0 aliphatic heterocycles. The van der Waals surface area contributed by atoms with Crippen LogP contribution < -0.4 is 0 Å². The maximum absolute atomic E-state index is 13.2. The lowest BCUT2D eigenvalue weighted by molar-refractivity contribution is -0.139. The summed E-state index contributed by atoms with van der Waals surface area (Å²) in [5.41, 5.74) is 1.88. The summed E-state index contributed by atoms with van der Waals surface area (Å²) in [4.78, 5) is 30.9. The van der Waals surface area contributed by atoms with Gasteiger partial charge in [-0.2, -0.15) is 0 Å². The minimum absolute atomic E-state index is 0.0164. The molecule has 0 aromatic heterocycles. The molecule has 0 amide bonds. The van der Waals surface area contributed by atoms with Crippen LogP contribution in [0.4, 0.5) is 0 Å². The molecule has 1 aromatic carbocycles. The van der Waals surface area contributed by atoms with Crippen LogP contribution in [0.5, 0.6) is 0 Å². The number of ether oxygens (including phenoxy) is 1. The van der Waals surface area contributed by atoms with Crippen LogP contribution in [0.25, 0.3) is 0 Å². The summed E-state index contributed by atoms with van der Waals surface area (Å²) in [5.74, 6) is 0.450. The first-order chi connectivity index (χ1) is 13.5. The van der Waals surface area contributed by atoms with Crippen LogP contribution in [0.2, 0.25) is 0 Å². The van der Waals surface area contributed by atoms with Gasteiger partial charge in [-0.1, -0.05) is 56.3 Å². The van der Waals surface area contributed by atoms with Crippen LogP contribution in [0.15, 0.2) is 46.8 Å². The lowest BCUT2D eigenvalue weighted by Gasteiger charge is -2.27. The number of carbonyl (C=O) groups is 2. The quantitative estimate of drug-likeness (QED) is 0.346. The molecule has 1 aromatic rings. The monoisotopic (exact) mass is 385 g/mol. The normalized spacial score (nSPS) is 17.8. The second-order valence-corrected chi connectivity index (χ2v) is 7.47. The van der Waals surface area contributed by atoms with Crippen molar-refractivity contribution in [2.24, 2.45) is 17.0 Å². The molecule has 28 heavy (non-hydrogen) atoms. The van der Waals surface area contributed by atoms with Crippen molar-refractivity contribution < 1.29 is 19.2 Å². The van der Waals surface area contributed by atoms with Crippen LogP contribution in [-0.4, -0.2) is 24.1 Å². The third kappa shape index (κ3) is 6.04. The number of esters is 1. The predicted molar refractivity (Wildman–Crippen MR) is 110 cm³/mol. The average Bonchev–Trinajstić information content (AvgIpc) is 2.66. The Hall–Kier alpha value is -2.43. The molecule has 1 atom stereocenters. The van der Waals surface area contributed by atoms with Crippen LogP contribution >= 0.6 is 0 Å². The molecule has 0 spiro atoms. The number of ketones is 1. The van der Waals surface area contributed by atoms with Crippen molar-refractivity contribution in [3.63, 3.8) is 0 Å². The van der Waals surface area contributed by atoms with E-state index in [9.17, 15) is 9.59 Å². The second kappa shape index (κ2) is 10.8. The highest BCUT2D eigenvalue weighted by molar-refractivity contribution is 6.23. The molecule has 0 heterocycles. The van der Waals surface area contributed by atoms with Gasteiger partial charge in [-0.05, 0) is 37.7 Å². The smallest absolute Gasteiger partial charge is 0.315 e. The molecule has 0 fully saturated rings. The lowest BCUT2D eigenvalue weighted by Crippen LogP contribution is -2.30. The van der Waals surface area contributed by atoms with Crippen LogP contribution in [0.3, 0.4) is 0 Å². The van der Waals surface area contributed by atoms with Crippen LogP contribution in [0, 0.1) is 11.8 Å². The van der Waals surface area contributed by atoms with Gasteiger partial charge in [0, 0.05) is 12.3 Å². The topological polar surface area (TPSA) is 65.0 Å². The highest BCUT2D eigenvalue weighted by atomic mass is 16.6. The largest absolute Gasteiger partial charge is 0.430 e. The van der Waals surface area contributed by atoms with Crippen LogP contribution in [-0.2, 0) is 25.6 Å². The number of oxime groups is 1. The predicted octanol–water partition coefficient (Wildman–Crippen LogP) is 4.85. The minimum Gasteiger partial charge on any atom is -0.430 e. The highest BCUT2D eigenvalue weighted by Crippen LogP contribution is 2.33. The zero-order valence-corrected chi connectivity index (χ0v) is 17.4. The maximum atomic E-state index is 13.2. The fourth-order valence-corrected chi connectivity index (χ4v) is 3.47. The van der Waals surface area contributed by atoms with Crippen molar-refractivity contribution in [2.45, 2.75) is 59.8 Å². The van der Waals surface area contributed by atoms with Crippen LogP contribution in [0.1, 0.15) is 58.9 Å². The van der Waals surface area contributed by atoms with E-state index in [1.807, 2.05) is 44.2 Å². The molecular weight excluding hydrogens is 354 g/mol. The second-order valence-electron chi connectivity index (χ2n) is 7.47. The molecule has 0 radical (unpaired) electrons. The Morgan fingerprint density at radius 3 is 2.54 bits per heavy atom. The highest BCUT2D eigenvalue weighted by Gasteiger charge is 2.34. The third-order valence-corrected chi connectivity index (χ3v) is 4.73. The van der Waals surface area contributed by atoms with Gasteiger partial charge >= 0.3 is 5.97 Å². The Kier molecular flexibility index (Phi) is 8.42. The van der Waals surface area contributed by atoms with Crippen molar-refractivity contribution in [2.75, 3.05) is 6.61 Å². The zero-order valence-electron chi connectivity index (χ0n) is 17.4. The molecule has 5 heteroatoms. The van der Waals surface area contributed by atoms with Crippen molar-refractivity contribution in [3.05, 3.63) is 47.2 Å². The Morgan fingerprint density at radius 1 is 1.21 bits per heavy atom. The molecular formula is C23H31NO4.